The number of pyridine rings is 1. The Morgan fingerprint density at radius 2 is 0.956 bits per heavy atom. The molecule has 0 saturated heterocycles. The molecule has 0 fully saturated rings. The minimum Gasteiger partial charge on any atom is -0.264 e. The summed E-state index contributed by atoms with van der Waals surface area (Å²) >= 11 is 1.70. The molecule has 5 nitrogen and oxygen atoms in total. The smallest absolute Gasteiger partial charge is 0.164 e. The van der Waals surface area contributed by atoms with Gasteiger partial charge in [-0.25, -0.2) is 19.9 Å². The molecule has 3 aromatic heterocycles. The maximum Gasteiger partial charge on any atom is 0.164 e. The predicted octanol–water partition coefficient (Wildman–Crippen LogP) is 9.88. The summed E-state index contributed by atoms with van der Waals surface area (Å²) in [5.74, 6) is 1.89. The molecule has 0 atom stereocenters. The molecule has 0 saturated carbocycles. The lowest BCUT2D eigenvalue weighted by Crippen LogP contribution is -2.00. The van der Waals surface area contributed by atoms with Crippen LogP contribution in [0.2, 0.25) is 0 Å². The zero-order valence-electron chi connectivity index (χ0n) is 24.1. The Balaban J connectivity index is 1.31. The van der Waals surface area contributed by atoms with Gasteiger partial charge in [0, 0.05) is 45.8 Å². The summed E-state index contributed by atoms with van der Waals surface area (Å²) in [5.41, 5.74) is 9.10. The van der Waals surface area contributed by atoms with Crippen LogP contribution in [0.5, 0.6) is 0 Å². The number of hydrogen-bond donors (Lipinski definition) is 0. The molecule has 0 aliphatic rings. The molecule has 0 radical (unpaired) electrons. The fourth-order valence-electron chi connectivity index (χ4n) is 5.42. The first kappa shape index (κ1) is 26.8. The van der Waals surface area contributed by atoms with Crippen molar-refractivity contribution < 1.29 is 0 Å². The van der Waals surface area contributed by atoms with E-state index in [2.05, 4.69) is 71.7 Å². The summed E-state index contributed by atoms with van der Waals surface area (Å²) in [4.78, 5) is 24.3. The Kier molecular flexibility index (Phi) is 6.94. The normalized spacial score (nSPS) is 11.1. The van der Waals surface area contributed by atoms with E-state index in [4.69, 9.17) is 19.9 Å². The lowest BCUT2D eigenvalue weighted by molar-refractivity contribution is 1.07. The van der Waals surface area contributed by atoms with Crippen molar-refractivity contribution in [2.75, 3.05) is 0 Å². The van der Waals surface area contributed by atoms with Crippen LogP contribution in [-0.2, 0) is 0 Å². The van der Waals surface area contributed by atoms with Gasteiger partial charge in [0.2, 0.25) is 0 Å². The monoisotopic (exact) mass is 595 g/mol. The number of aromatic nitrogens is 5. The predicted molar refractivity (Wildman–Crippen MR) is 183 cm³/mol. The molecule has 5 aromatic carbocycles. The first-order valence-electron chi connectivity index (χ1n) is 14.7. The molecule has 3 heterocycles. The maximum absolute atomic E-state index is 5.17. The van der Waals surface area contributed by atoms with E-state index in [1.54, 1.807) is 17.5 Å². The highest BCUT2D eigenvalue weighted by Gasteiger charge is 2.17. The first-order chi connectivity index (χ1) is 22.3. The highest BCUT2D eigenvalue weighted by atomic mass is 32.1. The Morgan fingerprint density at radius 3 is 1.58 bits per heavy atom. The molecule has 8 rings (SSSR count). The van der Waals surface area contributed by atoms with Gasteiger partial charge >= 0.3 is 0 Å². The Hall–Kier alpha value is -5.85. The van der Waals surface area contributed by atoms with Crippen molar-refractivity contribution in [1.82, 2.24) is 24.9 Å². The molecule has 0 N–H and O–H groups in total. The van der Waals surface area contributed by atoms with E-state index in [0.717, 1.165) is 59.7 Å². The van der Waals surface area contributed by atoms with Crippen LogP contribution in [0.25, 0.3) is 77.2 Å². The fraction of sp³-hybridized carbons (Fsp3) is 0. The van der Waals surface area contributed by atoms with Gasteiger partial charge in [0.05, 0.1) is 10.2 Å². The van der Waals surface area contributed by atoms with Gasteiger partial charge in [0.1, 0.15) is 5.01 Å². The number of nitrogens with zero attached hydrogens (tertiary/aromatic N) is 5. The van der Waals surface area contributed by atoms with Crippen LogP contribution in [-0.4, -0.2) is 24.9 Å². The summed E-state index contributed by atoms with van der Waals surface area (Å²) in [6.45, 7) is 0. The highest BCUT2D eigenvalue weighted by Crippen LogP contribution is 2.40. The zero-order valence-corrected chi connectivity index (χ0v) is 24.9. The van der Waals surface area contributed by atoms with Gasteiger partial charge < -0.3 is 0 Å². The van der Waals surface area contributed by atoms with Gasteiger partial charge in [-0.3, -0.25) is 4.98 Å². The van der Waals surface area contributed by atoms with Crippen molar-refractivity contribution in [2.45, 2.75) is 0 Å². The van der Waals surface area contributed by atoms with Crippen LogP contribution in [0.1, 0.15) is 0 Å². The Labute approximate surface area is 264 Å². The molecule has 0 unspecified atom stereocenters. The maximum atomic E-state index is 5.17. The van der Waals surface area contributed by atoms with E-state index >= 15 is 0 Å². The van der Waals surface area contributed by atoms with Crippen LogP contribution in [0, 0.1) is 0 Å². The number of hydrogen-bond acceptors (Lipinski definition) is 6. The van der Waals surface area contributed by atoms with Crippen molar-refractivity contribution in [3.8, 4) is 67.0 Å². The summed E-state index contributed by atoms with van der Waals surface area (Å²) < 4.78 is 1.12. The third kappa shape index (κ3) is 5.39. The second-order valence-electron chi connectivity index (χ2n) is 10.6. The molecule has 8 aromatic rings. The lowest BCUT2D eigenvalue weighted by Gasteiger charge is -2.11. The van der Waals surface area contributed by atoms with Gasteiger partial charge in [-0.05, 0) is 35.4 Å². The van der Waals surface area contributed by atoms with Crippen molar-refractivity contribution in [3.63, 3.8) is 0 Å². The third-order valence-corrected chi connectivity index (χ3v) is 8.69. The average Bonchev–Trinajstić information content (AvgIpc) is 3.57. The van der Waals surface area contributed by atoms with Crippen LogP contribution in [0.15, 0.2) is 152 Å². The SMILES string of the molecule is c1ccc(-c2nc(-c3ccccc3)nc(-c3cccc(-c4cc(-c5cccnc5)cc5sc(-c6ccccc6)nc45)c3)n2)cc1. The van der Waals surface area contributed by atoms with E-state index in [1.807, 2.05) is 79.0 Å². The number of fused-ring (bicyclic) bond motifs is 1. The standard InChI is InChI=1S/C39H25N5S/c1-4-12-26(13-5-1)36-42-37(27-14-6-2-7-15-27)44-38(43-36)30-19-10-18-29(22-30)33-23-32(31-20-11-21-40-25-31)24-34-35(33)41-39(45-34)28-16-8-3-9-17-28/h1-25H. The minimum absolute atomic E-state index is 0.618. The fourth-order valence-corrected chi connectivity index (χ4v) is 6.45. The minimum atomic E-state index is 0.618. The molecule has 6 heteroatoms. The van der Waals surface area contributed by atoms with Crippen molar-refractivity contribution in [2.24, 2.45) is 0 Å². The van der Waals surface area contributed by atoms with Gasteiger partial charge in [-0.2, -0.15) is 0 Å². The van der Waals surface area contributed by atoms with E-state index in [9.17, 15) is 0 Å². The second kappa shape index (κ2) is 11.7. The summed E-state index contributed by atoms with van der Waals surface area (Å²) in [6, 6.07) is 47.3. The van der Waals surface area contributed by atoms with Gasteiger partial charge in [-0.15, -0.1) is 11.3 Å². The second-order valence-corrected chi connectivity index (χ2v) is 11.6. The van der Waals surface area contributed by atoms with E-state index in [-0.39, 0.29) is 0 Å². The van der Waals surface area contributed by atoms with E-state index in [0.29, 0.717) is 17.5 Å². The Bertz CT molecular complexity index is 2190. The first-order valence-corrected chi connectivity index (χ1v) is 15.5. The number of rotatable bonds is 6. The molecule has 0 amide bonds. The van der Waals surface area contributed by atoms with Crippen LogP contribution in [0.3, 0.4) is 0 Å². The van der Waals surface area contributed by atoms with Gasteiger partial charge in [-0.1, -0.05) is 115 Å². The Morgan fingerprint density at radius 1 is 0.400 bits per heavy atom. The quantitative estimate of drug-likeness (QED) is 0.191. The summed E-state index contributed by atoms with van der Waals surface area (Å²) in [6.07, 6.45) is 3.70. The molecule has 0 aliphatic carbocycles. The van der Waals surface area contributed by atoms with Gasteiger partial charge in [0.25, 0.3) is 0 Å². The third-order valence-electron chi connectivity index (χ3n) is 7.64. The molecule has 45 heavy (non-hydrogen) atoms. The lowest BCUT2D eigenvalue weighted by atomic mass is 9.97. The average molecular weight is 596 g/mol. The van der Waals surface area contributed by atoms with Crippen LogP contribution < -0.4 is 0 Å². The topological polar surface area (TPSA) is 64.5 Å². The van der Waals surface area contributed by atoms with Crippen LogP contribution >= 0.6 is 11.3 Å². The summed E-state index contributed by atoms with van der Waals surface area (Å²) in [7, 11) is 0. The number of benzene rings is 5. The van der Waals surface area contributed by atoms with E-state index in [1.165, 1.54) is 0 Å². The van der Waals surface area contributed by atoms with Crippen molar-refractivity contribution >= 4 is 21.6 Å². The number of thiazole rings is 1. The largest absolute Gasteiger partial charge is 0.264 e. The van der Waals surface area contributed by atoms with E-state index < -0.39 is 0 Å². The van der Waals surface area contributed by atoms with Gasteiger partial charge in [0.15, 0.2) is 17.5 Å². The molecular weight excluding hydrogens is 571 g/mol. The molecule has 0 bridgehead atoms. The summed E-state index contributed by atoms with van der Waals surface area (Å²) in [5, 5.41) is 0.990. The molecular formula is C39H25N5S. The highest BCUT2D eigenvalue weighted by molar-refractivity contribution is 7.21. The molecule has 212 valence electrons. The molecule has 0 aliphatic heterocycles. The van der Waals surface area contributed by atoms with Crippen LogP contribution in [0.4, 0.5) is 0 Å². The zero-order chi connectivity index (χ0) is 30.0. The molecule has 0 spiro atoms. The van der Waals surface area contributed by atoms with Crippen molar-refractivity contribution in [1.29, 1.82) is 0 Å². The van der Waals surface area contributed by atoms with Crippen molar-refractivity contribution in [3.05, 3.63) is 152 Å².